The van der Waals surface area contributed by atoms with Gasteiger partial charge in [0.25, 0.3) is 0 Å². The number of aliphatic hydroxyl groups excluding tert-OH is 1. The predicted octanol–water partition coefficient (Wildman–Crippen LogP) is 3.41. The molecule has 0 atom stereocenters. The first-order valence-electron chi connectivity index (χ1n) is 7.83. The summed E-state index contributed by atoms with van der Waals surface area (Å²) >= 11 is 0. The number of carbonyl (C=O) groups is 1. The average Bonchev–Trinajstić information content (AvgIpc) is 2.96. The second-order valence-electron chi connectivity index (χ2n) is 6.61. The van der Waals surface area contributed by atoms with Gasteiger partial charge in [-0.2, -0.15) is 18.3 Å². The number of aromatic nitrogens is 2. The van der Waals surface area contributed by atoms with Crippen LogP contribution in [0.5, 0.6) is 0 Å². The molecule has 0 bridgehead atoms. The molecule has 1 amide bonds. The maximum absolute atomic E-state index is 12.8. The minimum atomic E-state index is -4.61. The van der Waals surface area contributed by atoms with Gasteiger partial charge in [-0.15, -0.1) is 0 Å². The Kier molecular flexibility index (Phi) is 5.60. The first kappa shape index (κ1) is 19.8. The Hall–Kier alpha value is -2.55. The summed E-state index contributed by atoms with van der Waals surface area (Å²) in [5.41, 5.74) is -0.729. The van der Waals surface area contributed by atoms with E-state index >= 15 is 0 Å². The van der Waals surface area contributed by atoms with Crippen molar-refractivity contribution in [2.75, 3.05) is 0 Å². The van der Waals surface area contributed by atoms with Crippen LogP contribution >= 0.6 is 0 Å². The van der Waals surface area contributed by atoms with Gasteiger partial charge in [-0.25, -0.2) is 9.48 Å². The molecule has 6 nitrogen and oxygen atoms in total. The van der Waals surface area contributed by atoms with Crippen LogP contribution in [0.1, 0.15) is 37.7 Å². The molecule has 2 aromatic rings. The van der Waals surface area contributed by atoms with Crippen molar-refractivity contribution in [1.29, 1.82) is 0 Å². The molecule has 1 heterocycles. The molecular weight excluding hydrogens is 351 g/mol. The number of benzene rings is 1. The maximum Gasteiger partial charge on any atom is 0.435 e. The number of alkyl halides is 3. The third kappa shape index (κ3) is 5.22. The van der Waals surface area contributed by atoms with Gasteiger partial charge in [-0.1, -0.05) is 12.1 Å². The lowest BCUT2D eigenvalue weighted by Gasteiger charge is -2.19. The molecule has 1 aromatic carbocycles. The number of nitrogens with zero attached hydrogens (tertiary/aromatic N) is 2. The minimum Gasteiger partial charge on any atom is -0.444 e. The Bertz CT molecular complexity index is 780. The third-order valence-electron chi connectivity index (χ3n) is 3.23. The van der Waals surface area contributed by atoms with Crippen molar-refractivity contribution in [3.8, 4) is 5.69 Å². The standard InChI is InChI=1S/C17H20F3N3O3/c1-16(2,3)26-15(25)21-9-11-5-4-6-12(7-11)23-13(10-24)8-14(22-23)17(18,19)20/h4-8,24H,9-10H2,1-3H3,(H,21,25). The molecule has 1 aromatic heterocycles. The fourth-order valence-electron chi connectivity index (χ4n) is 2.18. The molecule has 0 saturated heterocycles. The highest BCUT2D eigenvalue weighted by atomic mass is 19.4. The van der Waals surface area contributed by atoms with E-state index in [9.17, 15) is 23.1 Å². The van der Waals surface area contributed by atoms with Gasteiger partial charge in [-0.3, -0.25) is 0 Å². The topological polar surface area (TPSA) is 76.4 Å². The lowest BCUT2D eigenvalue weighted by molar-refractivity contribution is -0.141. The molecule has 142 valence electrons. The molecule has 0 radical (unpaired) electrons. The second-order valence-corrected chi connectivity index (χ2v) is 6.61. The molecule has 2 N–H and O–H groups in total. The molecule has 0 aliphatic rings. The highest BCUT2D eigenvalue weighted by Crippen LogP contribution is 2.29. The van der Waals surface area contributed by atoms with E-state index < -0.39 is 30.2 Å². The number of hydrogen-bond donors (Lipinski definition) is 2. The fraction of sp³-hybridized carbons (Fsp3) is 0.412. The summed E-state index contributed by atoms with van der Waals surface area (Å²) in [7, 11) is 0. The molecule has 2 rings (SSSR count). The van der Waals surface area contributed by atoms with Crippen molar-refractivity contribution in [2.24, 2.45) is 0 Å². The van der Waals surface area contributed by atoms with Crippen LogP contribution in [0.3, 0.4) is 0 Å². The zero-order chi connectivity index (χ0) is 19.5. The molecule has 9 heteroatoms. The molecule has 0 aliphatic carbocycles. The highest BCUT2D eigenvalue weighted by molar-refractivity contribution is 5.67. The number of hydrogen-bond acceptors (Lipinski definition) is 4. The molecule has 0 fully saturated rings. The van der Waals surface area contributed by atoms with Gasteiger partial charge in [0.2, 0.25) is 0 Å². The van der Waals surface area contributed by atoms with Crippen LogP contribution < -0.4 is 5.32 Å². The van der Waals surface area contributed by atoms with E-state index in [1.54, 1.807) is 45.0 Å². The fourth-order valence-corrected chi connectivity index (χ4v) is 2.18. The summed E-state index contributed by atoms with van der Waals surface area (Å²) in [5.74, 6) is 0. The van der Waals surface area contributed by atoms with Gasteiger partial charge < -0.3 is 15.2 Å². The quantitative estimate of drug-likeness (QED) is 0.864. The number of nitrogens with one attached hydrogen (secondary N) is 1. The number of carbonyl (C=O) groups excluding carboxylic acids is 1. The Balaban J connectivity index is 2.19. The molecule has 0 unspecified atom stereocenters. The number of rotatable bonds is 4. The number of alkyl carbamates (subject to hydrolysis) is 1. The van der Waals surface area contributed by atoms with Crippen molar-refractivity contribution in [2.45, 2.75) is 45.7 Å². The Morgan fingerprint density at radius 2 is 1.96 bits per heavy atom. The normalized spacial score (nSPS) is 12.1. The van der Waals surface area contributed by atoms with Crippen LogP contribution in [-0.4, -0.2) is 26.6 Å². The van der Waals surface area contributed by atoms with Crippen LogP contribution in [-0.2, 0) is 24.1 Å². The SMILES string of the molecule is CC(C)(C)OC(=O)NCc1cccc(-n2nc(C(F)(F)F)cc2CO)c1. The summed E-state index contributed by atoms with van der Waals surface area (Å²) < 4.78 is 44.7. The van der Waals surface area contributed by atoms with Gasteiger partial charge >= 0.3 is 12.3 Å². The van der Waals surface area contributed by atoms with E-state index in [0.717, 1.165) is 10.7 Å². The van der Waals surface area contributed by atoms with Crippen LogP contribution in [0.25, 0.3) is 5.69 Å². The summed E-state index contributed by atoms with van der Waals surface area (Å²) in [6.45, 7) is 4.74. The van der Waals surface area contributed by atoms with E-state index in [-0.39, 0.29) is 12.2 Å². The lowest BCUT2D eigenvalue weighted by Crippen LogP contribution is -2.32. The number of amides is 1. The van der Waals surface area contributed by atoms with Gasteiger partial charge in [-0.05, 0) is 44.5 Å². The lowest BCUT2D eigenvalue weighted by atomic mass is 10.2. The Morgan fingerprint density at radius 1 is 1.27 bits per heavy atom. The second kappa shape index (κ2) is 7.36. The van der Waals surface area contributed by atoms with E-state index in [2.05, 4.69) is 10.4 Å². The minimum absolute atomic E-state index is 0.00887. The number of halogens is 3. The van der Waals surface area contributed by atoms with Crippen molar-refractivity contribution in [3.63, 3.8) is 0 Å². The van der Waals surface area contributed by atoms with Crippen LogP contribution in [0.2, 0.25) is 0 Å². The van der Waals surface area contributed by atoms with E-state index in [1.807, 2.05) is 0 Å². The summed E-state index contributed by atoms with van der Waals surface area (Å²) in [6, 6.07) is 7.25. The Morgan fingerprint density at radius 3 is 2.54 bits per heavy atom. The zero-order valence-electron chi connectivity index (χ0n) is 14.6. The van der Waals surface area contributed by atoms with Crippen molar-refractivity contribution in [3.05, 3.63) is 47.3 Å². The van der Waals surface area contributed by atoms with Gasteiger partial charge in [0.15, 0.2) is 5.69 Å². The van der Waals surface area contributed by atoms with Crippen molar-refractivity contribution in [1.82, 2.24) is 15.1 Å². The predicted molar refractivity (Wildman–Crippen MR) is 87.6 cm³/mol. The number of ether oxygens (including phenoxy) is 1. The van der Waals surface area contributed by atoms with Crippen LogP contribution in [0, 0.1) is 0 Å². The molecule has 0 spiro atoms. The summed E-state index contributed by atoms with van der Waals surface area (Å²) in [5, 5.41) is 15.4. The third-order valence-corrected chi connectivity index (χ3v) is 3.23. The van der Waals surface area contributed by atoms with Crippen molar-refractivity contribution < 1.29 is 27.8 Å². The van der Waals surface area contributed by atoms with E-state index in [1.165, 1.54) is 0 Å². The van der Waals surface area contributed by atoms with Crippen molar-refractivity contribution >= 4 is 6.09 Å². The smallest absolute Gasteiger partial charge is 0.435 e. The first-order valence-corrected chi connectivity index (χ1v) is 7.83. The van der Waals surface area contributed by atoms with Crippen LogP contribution in [0.4, 0.5) is 18.0 Å². The van der Waals surface area contributed by atoms with Gasteiger partial charge in [0.05, 0.1) is 18.0 Å². The van der Waals surface area contributed by atoms with Gasteiger partial charge in [0.1, 0.15) is 5.60 Å². The molecular formula is C17H20F3N3O3. The summed E-state index contributed by atoms with van der Waals surface area (Å²) in [6.07, 6.45) is -5.21. The van der Waals surface area contributed by atoms with Gasteiger partial charge in [0, 0.05) is 6.54 Å². The highest BCUT2D eigenvalue weighted by Gasteiger charge is 2.35. The monoisotopic (exact) mass is 371 g/mol. The first-order chi connectivity index (χ1) is 12.0. The maximum atomic E-state index is 12.8. The van der Waals surface area contributed by atoms with Crippen LogP contribution in [0.15, 0.2) is 30.3 Å². The largest absolute Gasteiger partial charge is 0.444 e. The molecule has 0 saturated carbocycles. The summed E-state index contributed by atoms with van der Waals surface area (Å²) in [4.78, 5) is 11.7. The number of aliphatic hydroxyl groups is 1. The zero-order valence-corrected chi connectivity index (χ0v) is 14.6. The molecule has 0 aliphatic heterocycles. The molecule has 26 heavy (non-hydrogen) atoms. The van der Waals surface area contributed by atoms with E-state index in [4.69, 9.17) is 4.74 Å². The Labute approximate surface area is 148 Å². The average molecular weight is 371 g/mol. The van der Waals surface area contributed by atoms with E-state index in [0.29, 0.717) is 11.3 Å².